The van der Waals surface area contributed by atoms with Gasteiger partial charge in [-0.25, -0.2) is 0 Å². The van der Waals surface area contributed by atoms with Crippen molar-refractivity contribution in [2.75, 3.05) is 18.4 Å². The average molecular weight is 373 g/mol. The molecule has 136 valence electrons. The highest BCUT2D eigenvalue weighted by atomic mass is 35.5. The molecular weight excluding hydrogens is 354 g/mol. The van der Waals surface area contributed by atoms with Gasteiger partial charge >= 0.3 is 6.61 Å². The lowest BCUT2D eigenvalue weighted by atomic mass is 10.1. The number of aromatic nitrogens is 2. The number of anilines is 1. The second kappa shape index (κ2) is 8.77. The van der Waals surface area contributed by atoms with Gasteiger partial charge in [-0.3, -0.25) is 9.48 Å². The molecule has 2 aromatic rings. The zero-order chi connectivity index (χ0) is 16.9. The van der Waals surface area contributed by atoms with Crippen molar-refractivity contribution < 1.29 is 18.3 Å². The van der Waals surface area contributed by atoms with Crippen molar-refractivity contribution in [3.63, 3.8) is 0 Å². The fraction of sp³-hybridized carbons (Fsp3) is 0.375. The summed E-state index contributed by atoms with van der Waals surface area (Å²) in [6, 6.07) is 7.65. The minimum absolute atomic E-state index is 0. The van der Waals surface area contributed by atoms with Crippen molar-refractivity contribution in [2.24, 2.45) is 0 Å². The van der Waals surface area contributed by atoms with Gasteiger partial charge in [0.15, 0.2) is 5.69 Å². The highest BCUT2D eigenvalue weighted by Gasteiger charge is 2.17. The van der Waals surface area contributed by atoms with Crippen LogP contribution in [0.5, 0.6) is 5.75 Å². The molecule has 2 heterocycles. The largest absolute Gasteiger partial charge is 0.435 e. The van der Waals surface area contributed by atoms with Crippen LogP contribution in [-0.4, -0.2) is 35.4 Å². The summed E-state index contributed by atoms with van der Waals surface area (Å²) in [7, 11) is 0. The average Bonchev–Trinajstić information content (AvgIpc) is 3.07. The van der Waals surface area contributed by atoms with E-state index in [-0.39, 0.29) is 30.1 Å². The topological polar surface area (TPSA) is 68.2 Å². The van der Waals surface area contributed by atoms with Crippen LogP contribution in [0.15, 0.2) is 36.5 Å². The zero-order valence-electron chi connectivity index (χ0n) is 13.3. The van der Waals surface area contributed by atoms with E-state index in [1.807, 2.05) is 0 Å². The molecule has 0 saturated carbocycles. The summed E-state index contributed by atoms with van der Waals surface area (Å²) >= 11 is 0. The van der Waals surface area contributed by atoms with Gasteiger partial charge < -0.3 is 15.4 Å². The van der Waals surface area contributed by atoms with Crippen LogP contribution in [-0.2, 0) is 0 Å². The quantitative estimate of drug-likeness (QED) is 0.846. The van der Waals surface area contributed by atoms with Crippen molar-refractivity contribution in [3.05, 3.63) is 42.2 Å². The molecule has 1 aliphatic heterocycles. The number of ether oxygens (including phenoxy) is 1. The summed E-state index contributed by atoms with van der Waals surface area (Å²) in [6.45, 7) is -1.02. The Bertz CT molecular complexity index is 688. The van der Waals surface area contributed by atoms with Crippen LogP contribution in [0.25, 0.3) is 0 Å². The molecule has 0 bridgehead atoms. The van der Waals surface area contributed by atoms with E-state index in [2.05, 4.69) is 20.5 Å². The second-order valence-corrected chi connectivity index (χ2v) is 5.54. The van der Waals surface area contributed by atoms with Gasteiger partial charge in [0.2, 0.25) is 0 Å². The Morgan fingerprint density at radius 3 is 2.72 bits per heavy atom. The number of amides is 1. The van der Waals surface area contributed by atoms with E-state index in [1.54, 1.807) is 16.9 Å². The lowest BCUT2D eigenvalue weighted by Crippen LogP contribution is -2.32. The molecule has 2 N–H and O–H groups in total. The monoisotopic (exact) mass is 372 g/mol. The molecule has 1 unspecified atom stereocenters. The summed E-state index contributed by atoms with van der Waals surface area (Å²) in [6.07, 6.45) is 3.91. The van der Waals surface area contributed by atoms with Crippen LogP contribution < -0.4 is 15.4 Å². The number of hydrogen-bond acceptors (Lipinski definition) is 4. The molecule has 6 nitrogen and oxygen atoms in total. The van der Waals surface area contributed by atoms with Crippen molar-refractivity contribution in [2.45, 2.75) is 25.5 Å². The summed E-state index contributed by atoms with van der Waals surface area (Å²) in [5.41, 5.74) is 0.795. The van der Waals surface area contributed by atoms with E-state index >= 15 is 0 Å². The predicted octanol–water partition coefficient (Wildman–Crippen LogP) is 3.08. The number of halogens is 3. The van der Waals surface area contributed by atoms with Gasteiger partial charge in [0, 0.05) is 18.4 Å². The number of nitrogens with one attached hydrogen (secondary N) is 2. The van der Waals surface area contributed by atoms with Crippen LogP contribution in [0, 0.1) is 0 Å². The maximum absolute atomic E-state index is 12.2. The number of rotatable bonds is 5. The first-order valence-corrected chi connectivity index (χ1v) is 7.74. The Hall–Kier alpha value is -2.19. The van der Waals surface area contributed by atoms with E-state index in [9.17, 15) is 13.6 Å². The summed E-state index contributed by atoms with van der Waals surface area (Å²) in [4.78, 5) is 12.2. The Balaban J connectivity index is 0.00000225. The number of piperidine rings is 1. The molecule has 1 saturated heterocycles. The van der Waals surface area contributed by atoms with Gasteiger partial charge in [-0.15, -0.1) is 12.4 Å². The number of hydrogen-bond donors (Lipinski definition) is 2. The van der Waals surface area contributed by atoms with Gasteiger partial charge in [-0.1, -0.05) is 0 Å². The number of alkyl halides is 2. The Kier molecular flexibility index (Phi) is 6.72. The summed E-state index contributed by atoms with van der Waals surface area (Å²) in [5, 5.41) is 10.3. The molecular formula is C16H19ClF2N4O2. The highest BCUT2D eigenvalue weighted by molar-refractivity contribution is 6.02. The first-order chi connectivity index (χ1) is 11.6. The van der Waals surface area contributed by atoms with Crippen LogP contribution >= 0.6 is 12.4 Å². The SMILES string of the molecule is Cl.O=C(Nc1ccc(OC(F)F)cc1)c1ccn(C2CCCNC2)n1. The molecule has 1 aromatic carbocycles. The third kappa shape index (κ3) is 5.14. The first-order valence-electron chi connectivity index (χ1n) is 7.74. The summed E-state index contributed by atoms with van der Waals surface area (Å²) in [5.74, 6) is -0.308. The fourth-order valence-electron chi connectivity index (χ4n) is 2.64. The first kappa shape index (κ1) is 19.1. The molecule has 1 amide bonds. The van der Waals surface area contributed by atoms with Gasteiger partial charge in [-0.2, -0.15) is 13.9 Å². The third-order valence-corrected chi connectivity index (χ3v) is 3.82. The van der Waals surface area contributed by atoms with E-state index in [0.717, 1.165) is 25.9 Å². The molecule has 0 spiro atoms. The molecule has 0 aliphatic carbocycles. The normalized spacial score (nSPS) is 17.0. The third-order valence-electron chi connectivity index (χ3n) is 3.82. The standard InChI is InChI=1S/C16H18F2N4O2.ClH/c17-16(18)24-13-5-3-11(4-6-13)20-15(23)14-7-9-22(21-14)12-2-1-8-19-10-12;/h3-7,9,12,16,19H,1-2,8,10H2,(H,20,23);1H. The smallest absolute Gasteiger partial charge is 0.387 e. The predicted molar refractivity (Wildman–Crippen MR) is 91.6 cm³/mol. The minimum Gasteiger partial charge on any atom is -0.435 e. The molecule has 1 aliphatic rings. The summed E-state index contributed by atoms with van der Waals surface area (Å²) < 4.78 is 30.3. The van der Waals surface area contributed by atoms with Gasteiger partial charge in [0.1, 0.15) is 5.75 Å². The highest BCUT2D eigenvalue weighted by Crippen LogP contribution is 2.19. The number of benzene rings is 1. The van der Waals surface area contributed by atoms with Crippen LogP contribution in [0.2, 0.25) is 0 Å². The van der Waals surface area contributed by atoms with Gasteiger partial charge in [0.05, 0.1) is 6.04 Å². The molecule has 25 heavy (non-hydrogen) atoms. The molecule has 9 heteroatoms. The van der Waals surface area contributed by atoms with Crippen molar-refractivity contribution in [1.82, 2.24) is 15.1 Å². The fourth-order valence-corrected chi connectivity index (χ4v) is 2.64. The Morgan fingerprint density at radius 1 is 1.32 bits per heavy atom. The van der Waals surface area contributed by atoms with E-state index < -0.39 is 6.61 Å². The van der Waals surface area contributed by atoms with Crippen molar-refractivity contribution in [1.29, 1.82) is 0 Å². The van der Waals surface area contributed by atoms with E-state index in [0.29, 0.717) is 11.4 Å². The maximum atomic E-state index is 12.2. The maximum Gasteiger partial charge on any atom is 0.387 e. The number of nitrogens with zero attached hydrogens (tertiary/aromatic N) is 2. The van der Waals surface area contributed by atoms with Gasteiger partial charge in [-0.05, 0) is 49.7 Å². The molecule has 3 rings (SSSR count). The molecule has 0 radical (unpaired) electrons. The van der Waals surface area contributed by atoms with Crippen molar-refractivity contribution in [3.8, 4) is 5.75 Å². The molecule has 1 fully saturated rings. The lowest BCUT2D eigenvalue weighted by Gasteiger charge is -2.22. The zero-order valence-corrected chi connectivity index (χ0v) is 14.1. The second-order valence-electron chi connectivity index (χ2n) is 5.54. The minimum atomic E-state index is -2.87. The van der Waals surface area contributed by atoms with Crippen LogP contribution in [0.3, 0.4) is 0 Å². The van der Waals surface area contributed by atoms with E-state index in [4.69, 9.17) is 0 Å². The Morgan fingerprint density at radius 2 is 2.08 bits per heavy atom. The van der Waals surface area contributed by atoms with Crippen LogP contribution in [0.1, 0.15) is 29.4 Å². The van der Waals surface area contributed by atoms with Gasteiger partial charge in [0.25, 0.3) is 5.91 Å². The molecule has 1 atom stereocenters. The number of carbonyl (C=O) groups is 1. The molecule has 1 aromatic heterocycles. The number of carbonyl (C=O) groups excluding carboxylic acids is 1. The lowest BCUT2D eigenvalue weighted by molar-refractivity contribution is -0.0498. The Labute approximate surface area is 150 Å². The van der Waals surface area contributed by atoms with Crippen LogP contribution in [0.4, 0.5) is 14.5 Å². The van der Waals surface area contributed by atoms with Crippen molar-refractivity contribution >= 4 is 24.0 Å². The van der Waals surface area contributed by atoms with E-state index in [1.165, 1.54) is 24.3 Å².